The van der Waals surface area contributed by atoms with Crippen molar-refractivity contribution in [2.45, 2.75) is 13.0 Å². The number of nitrogens with zero attached hydrogens (tertiary/aromatic N) is 2. The molecule has 1 aliphatic rings. The van der Waals surface area contributed by atoms with Crippen molar-refractivity contribution in [3.63, 3.8) is 0 Å². The van der Waals surface area contributed by atoms with Crippen LogP contribution in [0.1, 0.15) is 17.3 Å². The number of hydrogen-bond acceptors (Lipinski definition) is 5. The van der Waals surface area contributed by atoms with Crippen LogP contribution in [0.5, 0.6) is 5.75 Å². The van der Waals surface area contributed by atoms with E-state index in [1.165, 1.54) is 25.3 Å². The van der Waals surface area contributed by atoms with E-state index in [1.54, 1.807) is 4.90 Å². The van der Waals surface area contributed by atoms with Crippen molar-refractivity contribution >= 4 is 11.6 Å². The maximum absolute atomic E-state index is 12.4. The molecule has 0 bridgehead atoms. The summed E-state index contributed by atoms with van der Waals surface area (Å²) >= 11 is 0. The third kappa shape index (κ3) is 2.72. The normalized spacial score (nSPS) is 18.7. The molecule has 7 heteroatoms. The zero-order chi connectivity index (χ0) is 14.7. The average Bonchev–Trinajstić information content (AvgIpc) is 2.46. The van der Waals surface area contributed by atoms with Crippen molar-refractivity contribution in [2.24, 2.45) is 0 Å². The highest BCUT2D eigenvalue weighted by Gasteiger charge is 2.26. The third-order valence-corrected chi connectivity index (χ3v) is 3.25. The van der Waals surface area contributed by atoms with Gasteiger partial charge in [0.15, 0.2) is 5.75 Å². The van der Waals surface area contributed by atoms with Gasteiger partial charge in [0.05, 0.1) is 31.3 Å². The summed E-state index contributed by atoms with van der Waals surface area (Å²) in [5.74, 6) is -0.0873. The molecule has 1 saturated heterocycles. The molecule has 1 atom stereocenters. The summed E-state index contributed by atoms with van der Waals surface area (Å²) < 4.78 is 10.3. The van der Waals surface area contributed by atoms with Gasteiger partial charge in [-0.25, -0.2) is 0 Å². The molecule has 1 heterocycles. The van der Waals surface area contributed by atoms with E-state index in [1.807, 2.05) is 6.92 Å². The molecule has 1 amide bonds. The fourth-order valence-electron chi connectivity index (χ4n) is 2.16. The molecular formula is C13H16N2O5. The number of rotatable bonds is 3. The molecular weight excluding hydrogens is 264 g/mol. The molecule has 7 nitrogen and oxygen atoms in total. The predicted molar refractivity (Wildman–Crippen MR) is 71.0 cm³/mol. The number of carbonyl (C=O) groups is 1. The summed E-state index contributed by atoms with van der Waals surface area (Å²) in [6, 6.07) is 4.13. The van der Waals surface area contributed by atoms with Crippen LogP contribution in [-0.2, 0) is 4.74 Å². The van der Waals surface area contributed by atoms with Gasteiger partial charge in [-0.2, -0.15) is 0 Å². The van der Waals surface area contributed by atoms with Crippen LogP contribution >= 0.6 is 0 Å². The molecule has 0 radical (unpaired) electrons. The number of amides is 1. The molecule has 0 aromatic heterocycles. The van der Waals surface area contributed by atoms with Crippen LogP contribution in [0.3, 0.4) is 0 Å². The molecule has 108 valence electrons. The molecule has 1 fully saturated rings. The first-order chi connectivity index (χ1) is 9.54. The molecule has 0 aliphatic carbocycles. The summed E-state index contributed by atoms with van der Waals surface area (Å²) in [5.41, 5.74) is 0.222. The van der Waals surface area contributed by atoms with Crippen LogP contribution in [0.25, 0.3) is 0 Å². The van der Waals surface area contributed by atoms with Crippen LogP contribution in [0.4, 0.5) is 5.69 Å². The van der Waals surface area contributed by atoms with E-state index >= 15 is 0 Å². The highest BCUT2D eigenvalue weighted by atomic mass is 16.6. The zero-order valence-corrected chi connectivity index (χ0v) is 11.4. The number of ether oxygens (including phenoxy) is 2. The Bertz CT molecular complexity index is 531. The largest absolute Gasteiger partial charge is 0.490 e. The predicted octanol–water partition coefficient (Wildman–Crippen LogP) is 1.46. The Balaban J connectivity index is 2.28. The SMILES string of the molecule is COc1cc(C(=O)N2CCOC[C@@H]2C)ccc1[N+](=O)[O-]. The molecule has 0 saturated carbocycles. The number of benzene rings is 1. The number of carbonyl (C=O) groups excluding carboxylic acids is 1. The number of morpholine rings is 1. The first kappa shape index (κ1) is 14.3. The first-order valence-electron chi connectivity index (χ1n) is 6.25. The van der Waals surface area contributed by atoms with E-state index < -0.39 is 4.92 Å². The zero-order valence-electron chi connectivity index (χ0n) is 11.4. The van der Waals surface area contributed by atoms with Crippen molar-refractivity contribution in [1.29, 1.82) is 0 Å². The second kappa shape index (κ2) is 5.87. The van der Waals surface area contributed by atoms with Crippen molar-refractivity contribution in [3.8, 4) is 5.75 Å². The first-order valence-corrected chi connectivity index (χ1v) is 6.25. The fraction of sp³-hybridized carbons (Fsp3) is 0.462. The fourth-order valence-corrected chi connectivity index (χ4v) is 2.16. The van der Waals surface area contributed by atoms with Crippen LogP contribution in [0.2, 0.25) is 0 Å². The van der Waals surface area contributed by atoms with Gasteiger partial charge in [0, 0.05) is 24.2 Å². The van der Waals surface area contributed by atoms with Gasteiger partial charge in [0.1, 0.15) is 0 Å². The second-order valence-electron chi connectivity index (χ2n) is 4.57. The minimum atomic E-state index is -0.537. The topological polar surface area (TPSA) is 81.9 Å². The number of methoxy groups -OCH3 is 1. The van der Waals surface area contributed by atoms with Crippen molar-refractivity contribution in [1.82, 2.24) is 4.90 Å². The van der Waals surface area contributed by atoms with E-state index in [-0.39, 0.29) is 23.4 Å². The van der Waals surface area contributed by atoms with E-state index in [9.17, 15) is 14.9 Å². The maximum Gasteiger partial charge on any atom is 0.310 e. The van der Waals surface area contributed by atoms with Gasteiger partial charge in [-0.05, 0) is 13.0 Å². The highest BCUT2D eigenvalue weighted by Crippen LogP contribution is 2.28. The van der Waals surface area contributed by atoms with Crippen molar-refractivity contribution in [3.05, 3.63) is 33.9 Å². The summed E-state index contributed by atoms with van der Waals surface area (Å²) in [6.07, 6.45) is 0. The third-order valence-electron chi connectivity index (χ3n) is 3.25. The van der Waals surface area contributed by atoms with Gasteiger partial charge in [-0.1, -0.05) is 0 Å². The average molecular weight is 280 g/mol. The monoisotopic (exact) mass is 280 g/mol. The Hall–Kier alpha value is -2.15. The minimum absolute atomic E-state index is 0.0163. The molecule has 0 unspecified atom stereocenters. The van der Waals surface area contributed by atoms with Gasteiger partial charge in [-0.15, -0.1) is 0 Å². The Morgan fingerprint density at radius 1 is 1.55 bits per heavy atom. The lowest BCUT2D eigenvalue weighted by Gasteiger charge is -2.33. The molecule has 0 spiro atoms. The van der Waals surface area contributed by atoms with Crippen molar-refractivity contribution < 1.29 is 19.2 Å². The van der Waals surface area contributed by atoms with E-state index in [2.05, 4.69) is 0 Å². The summed E-state index contributed by atoms with van der Waals surface area (Å²) in [4.78, 5) is 24.4. The van der Waals surface area contributed by atoms with Gasteiger partial charge in [0.2, 0.25) is 0 Å². The number of nitro groups is 1. The van der Waals surface area contributed by atoms with Crippen LogP contribution in [0, 0.1) is 10.1 Å². The Labute approximate surface area is 116 Å². The van der Waals surface area contributed by atoms with Gasteiger partial charge in [0.25, 0.3) is 5.91 Å². The van der Waals surface area contributed by atoms with Gasteiger partial charge >= 0.3 is 5.69 Å². The van der Waals surface area contributed by atoms with Crippen molar-refractivity contribution in [2.75, 3.05) is 26.9 Å². The van der Waals surface area contributed by atoms with E-state index in [4.69, 9.17) is 9.47 Å². The molecule has 20 heavy (non-hydrogen) atoms. The molecule has 1 aromatic rings. The second-order valence-corrected chi connectivity index (χ2v) is 4.57. The smallest absolute Gasteiger partial charge is 0.310 e. The molecule has 0 N–H and O–H groups in total. The summed E-state index contributed by atoms with van der Waals surface area (Å²) in [5, 5.41) is 10.8. The maximum atomic E-state index is 12.4. The van der Waals surface area contributed by atoms with E-state index in [0.29, 0.717) is 25.3 Å². The Morgan fingerprint density at radius 2 is 2.30 bits per heavy atom. The lowest BCUT2D eigenvalue weighted by Crippen LogP contribution is -2.47. The molecule has 1 aromatic carbocycles. The number of hydrogen-bond donors (Lipinski definition) is 0. The lowest BCUT2D eigenvalue weighted by atomic mass is 10.1. The van der Waals surface area contributed by atoms with Gasteiger partial charge in [-0.3, -0.25) is 14.9 Å². The molecule has 2 rings (SSSR count). The lowest BCUT2D eigenvalue weighted by molar-refractivity contribution is -0.385. The Morgan fingerprint density at radius 3 is 2.90 bits per heavy atom. The summed E-state index contributed by atoms with van der Waals surface area (Å²) in [6.45, 7) is 3.41. The summed E-state index contributed by atoms with van der Waals surface area (Å²) in [7, 11) is 1.34. The molecule has 1 aliphatic heterocycles. The quantitative estimate of drug-likeness (QED) is 0.618. The highest BCUT2D eigenvalue weighted by molar-refractivity contribution is 5.95. The van der Waals surface area contributed by atoms with Crippen LogP contribution in [-0.4, -0.2) is 48.6 Å². The van der Waals surface area contributed by atoms with Crippen LogP contribution in [0.15, 0.2) is 18.2 Å². The number of nitro benzene ring substituents is 1. The standard InChI is InChI=1S/C13H16N2O5/c1-9-8-20-6-5-14(9)13(16)10-3-4-11(15(17)18)12(7-10)19-2/h3-4,7,9H,5-6,8H2,1-2H3/t9-/m0/s1. The van der Waals surface area contributed by atoms with Crippen LogP contribution < -0.4 is 4.74 Å². The van der Waals surface area contributed by atoms with E-state index in [0.717, 1.165) is 0 Å². The van der Waals surface area contributed by atoms with Gasteiger partial charge < -0.3 is 14.4 Å². The Kier molecular flexibility index (Phi) is 4.19. The minimum Gasteiger partial charge on any atom is -0.490 e.